The summed E-state index contributed by atoms with van der Waals surface area (Å²) in [5.41, 5.74) is -0.462. The van der Waals surface area contributed by atoms with Gasteiger partial charge >= 0.3 is 6.09 Å². The van der Waals surface area contributed by atoms with Gasteiger partial charge in [-0.2, -0.15) is 0 Å². The van der Waals surface area contributed by atoms with Crippen LogP contribution >= 0.6 is 0 Å². The third kappa shape index (κ3) is 7.45. The van der Waals surface area contributed by atoms with Gasteiger partial charge in [0.2, 0.25) is 0 Å². The van der Waals surface area contributed by atoms with Crippen LogP contribution in [-0.2, 0) is 9.47 Å². The van der Waals surface area contributed by atoms with E-state index in [0.717, 1.165) is 12.8 Å². The molecule has 1 amide bonds. The monoisotopic (exact) mass is 314 g/mol. The Morgan fingerprint density at radius 3 is 2.23 bits per heavy atom. The van der Waals surface area contributed by atoms with Gasteiger partial charge in [-0.1, -0.05) is 13.8 Å². The van der Waals surface area contributed by atoms with E-state index in [4.69, 9.17) is 9.47 Å². The van der Waals surface area contributed by atoms with Crippen LogP contribution in [0, 0.1) is 5.92 Å². The van der Waals surface area contributed by atoms with Crippen LogP contribution in [0.25, 0.3) is 0 Å². The molecule has 1 fully saturated rings. The molecule has 1 aliphatic rings. The molecule has 1 aliphatic heterocycles. The molecule has 5 nitrogen and oxygen atoms in total. The molecule has 0 aromatic rings. The van der Waals surface area contributed by atoms with Crippen LogP contribution < -0.4 is 10.6 Å². The molecule has 0 radical (unpaired) electrons. The first-order chi connectivity index (χ1) is 10.1. The molecule has 22 heavy (non-hydrogen) atoms. The highest BCUT2D eigenvalue weighted by Gasteiger charge is 2.27. The third-order valence-corrected chi connectivity index (χ3v) is 3.82. The zero-order valence-electron chi connectivity index (χ0n) is 15.2. The second-order valence-corrected chi connectivity index (χ2v) is 7.83. The second kappa shape index (κ2) is 8.16. The quantitative estimate of drug-likeness (QED) is 0.819. The number of ether oxygens (including phenoxy) is 2. The van der Waals surface area contributed by atoms with E-state index in [1.807, 2.05) is 20.8 Å². The van der Waals surface area contributed by atoms with Gasteiger partial charge in [-0.3, -0.25) is 0 Å². The largest absolute Gasteiger partial charge is 0.444 e. The Balaban J connectivity index is 2.47. The lowest BCUT2D eigenvalue weighted by Crippen LogP contribution is -2.52. The van der Waals surface area contributed by atoms with E-state index in [-0.39, 0.29) is 24.3 Å². The van der Waals surface area contributed by atoms with Crippen molar-refractivity contribution in [3.8, 4) is 0 Å². The van der Waals surface area contributed by atoms with Gasteiger partial charge in [0, 0.05) is 18.6 Å². The number of hydrogen-bond donors (Lipinski definition) is 2. The van der Waals surface area contributed by atoms with Gasteiger partial charge in [-0.05, 0) is 53.4 Å². The topological polar surface area (TPSA) is 59.6 Å². The molecule has 0 aromatic heterocycles. The molecule has 2 N–H and O–H groups in total. The number of nitrogens with one attached hydrogen (secondary N) is 2. The van der Waals surface area contributed by atoms with Crippen molar-refractivity contribution in [1.29, 1.82) is 0 Å². The summed E-state index contributed by atoms with van der Waals surface area (Å²) in [4.78, 5) is 11.8. The first kappa shape index (κ1) is 19.2. The molecule has 3 unspecified atom stereocenters. The maximum Gasteiger partial charge on any atom is 0.407 e. The van der Waals surface area contributed by atoms with Crippen LogP contribution in [-0.4, -0.2) is 42.5 Å². The van der Waals surface area contributed by atoms with Crippen LogP contribution in [0.15, 0.2) is 0 Å². The van der Waals surface area contributed by atoms with Gasteiger partial charge in [-0.15, -0.1) is 0 Å². The summed E-state index contributed by atoms with van der Waals surface area (Å²) in [6, 6.07) is 0.668. The van der Waals surface area contributed by atoms with Crippen molar-refractivity contribution in [1.82, 2.24) is 10.6 Å². The average molecular weight is 314 g/mol. The number of carbonyl (C=O) groups excluding carboxylic acids is 1. The highest BCUT2D eigenvalue weighted by Crippen LogP contribution is 2.20. The summed E-state index contributed by atoms with van der Waals surface area (Å²) in [5.74, 6) is 0.434. The van der Waals surface area contributed by atoms with Crippen LogP contribution in [0.4, 0.5) is 4.79 Å². The van der Waals surface area contributed by atoms with Gasteiger partial charge in [-0.25, -0.2) is 4.79 Å². The molecule has 5 heteroatoms. The molecule has 0 saturated carbocycles. The van der Waals surface area contributed by atoms with Gasteiger partial charge in [0.25, 0.3) is 0 Å². The molecule has 0 spiro atoms. The minimum absolute atomic E-state index is 0.231. The second-order valence-electron chi connectivity index (χ2n) is 7.83. The lowest BCUT2D eigenvalue weighted by atomic mass is 9.96. The van der Waals surface area contributed by atoms with Crippen molar-refractivity contribution in [3.63, 3.8) is 0 Å². The summed E-state index contributed by atoms with van der Waals surface area (Å²) in [6.07, 6.45) is 2.24. The smallest absolute Gasteiger partial charge is 0.407 e. The molecule has 0 aromatic carbocycles. The minimum atomic E-state index is -0.462. The Kier molecular flexibility index (Phi) is 7.13. The first-order valence-corrected chi connectivity index (χ1v) is 8.45. The molecule has 3 atom stereocenters. The van der Waals surface area contributed by atoms with Crippen molar-refractivity contribution >= 4 is 6.09 Å². The highest BCUT2D eigenvalue weighted by atomic mass is 16.6. The Labute approximate surface area is 135 Å². The summed E-state index contributed by atoms with van der Waals surface area (Å²) in [7, 11) is 0. The fraction of sp³-hybridized carbons (Fsp3) is 0.941. The third-order valence-electron chi connectivity index (χ3n) is 3.82. The molecule has 0 bridgehead atoms. The number of hydrogen-bond acceptors (Lipinski definition) is 4. The number of carbonyl (C=O) groups is 1. The number of rotatable bonds is 5. The zero-order valence-corrected chi connectivity index (χ0v) is 15.2. The zero-order chi connectivity index (χ0) is 16.9. The van der Waals surface area contributed by atoms with Gasteiger partial charge < -0.3 is 20.1 Å². The summed E-state index contributed by atoms with van der Waals surface area (Å²) in [6.45, 7) is 14.8. The van der Waals surface area contributed by atoms with Crippen molar-refractivity contribution in [3.05, 3.63) is 0 Å². The van der Waals surface area contributed by atoms with Crippen LogP contribution in [0.2, 0.25) is 0 Å². The molecular formula is C17H34N2O3. The average Bonchev–Trinajstić information content (AvgIpc) is 2.30. The molecule has 130 valence electrons. The van der Waals surface area contributed by atoms with E-state index >= 15 is 0 Å². The molecule has 1 heterocycles. The van der Waals surface area contributed by atoms with Crippen molar-refractivity contribution < 1.29 is 14.3 Å². The maximum atomic E-state index is 11.8. The lowest BCUT2D eigenvalue weighted by Gasteiger charge is -2.36. The maximum absolute atomic E-state index is 11.8. The van der Waals surface area contributed by atoms with E-state index in [9.17, 15) is 4.79 Å². The van der Waals surface area contributed by atoms with Crippen LogP contribution in [0.5, 0.6) is 0 Å². The van der Waals surface area contributed by atoms with E-state index in [1.54, 1.807) is 0 Å². The fourth-order valence-corrected chi connectivity index (χ4v) is 2.84. The first-order valence-electron chi connectivity index (χ1n) is 8.45. The van der Waals surface area contributed by atoms with Crippen molar-refractivity contribution in [2.75, 3.05) is 6.54 Å². The van der Waals surface area contributed by atoms with Crippen molar-refractivity contribution in [2.24, 2.45) is 5.92 Å². The van der Waals surface area contributed by atoms with E-state index < -0.39 is 5.60 Å². The van der Waals surface area contributed by atoms with E-state index in [0.29, 0.717) is 18.5 Å². The van der Waals surface area contributed by atoms with E-state index in [2.05, 4.69) is 38.3 Å². The molecule has 0 aliphatic carbocycles. The highest BCUT2D eigenvalue weighted by molar-refractivity contribution is 5.67. The fourth-order valence-electron chi connectivity index (χ4n) is 2.84. The number of amides is 1. The molecular weight excluding hydrogens is 280 g/mol. The van der Waals surface area contributed by atoms with Gasteiger partial charge in [0.15, 0.2) is 0 Å². The SMILES string of the molecule is CC1CC(NC(CNC(=O)OC(C)(C)C)C(C)C)CC(C)O1. The van der Waals surface area contributed by atoms with Crippen molar-refractivity contribution in [2.45, 2.75) is 91.2 Å². The minimum Gasteiger partial charge on any atom is -0.444 e. The molecule has 1 rings (SSSR count). The van der Waals surface area contributed by atoms with Gasteiger partial charge in [0.05, 0.1) is 12.2 Å². The normalized spacial score (nSPS) is 27.5. The lowest BCUT2D eigenvalue weighted by molar-refractivity contribution is -0.0443. The molecule has 1 saturated heterocycles. The Bertz CT molecular complexity index is 342. The number of alkyl carbamates (subject to hydrolysis) is 1. The summed E-state index contributed by atoms with van der Waals surface area (Å²) in [5, 5.41) is 6.56. The predicted molar refractivity (Wildman–Crippen MR) is 89.0 cm³/mol. The predicted octanol–water partition coefficient (Wildman–Crippen LogP) is 3.08. The van der Waals surface area contributed by atoms with E-state index in [1.165, 1.54) is 0 Å². The van der Waals surface area contributed by atoms with Crippen LogP contribution in [0.3, 0.4) is 0 Å². The Hall–Kier alpha value is -0.810. The summed E-state index contributed by atoms with van der Waals surface area (Å²) >= 11 is 0. The Morgan fingerprint density at radius 1 is 1.23 bits per heavy atom. The standard InChI is InChI=1S/C17H34N2O3/c1-11(2)15(10-18-16(20)22-17(5,6)7)19-14-8-12(3)21-13(4)9-14/h11-15,19H,8-10H2,1-7H3,(H,18,20). The van der Waals surface area contributed by atoms with Crippen LogP contribution in [0.1, 0.15) is 61.3 Å². The summed E-state index contributed by atoms with van der Waals surface area (Å²) < 4.78 is 11.1. The van der Waals surface area contributed by atoms with Gasteiger partial charge in [0.1, 0.15) is 5.60 Å². The Morgan fingerprint density at radius 2 is 1.77 bits per heavy atom.